The molecule has 0 aromatic carbocycles. The van der Waals surface area contributed by atoms with E-state index in [4.69, 9.17) is 0 Å². The molecule has 0 spiro atoms. The molecule has 0 aromatic rings. The Kier molecular flexibility index (Phi) is 2.90. The summed E-state index contributed by atoms with van der Waals surface area (Å²) in [6.07, 6.45) is -2.37. The van der Waals surface area contributed by atoms with Gasteiger partial charge >= 0.3 is 6.18 Å². The molecule has 112 valence electrons. The van der Waals surface area contributed by atoms with Crippen LogP contribution in [0.4, 0.5) is 13.2 Å². The van der Waals surface area contributed by atoms with Gasteiger partial charge in [-0.25, -0.2) is 0 Å². The smallest absolute Gasteiger partial charge is 0.362 e. The number of carbonyl (C=O) groups excluding carboxylic acids is 1. The van der Waals surface area contributed by atoms with Crippen molar-refractivity contribution in [3.63, 3.8) is 0 Å². The zero-order valence-corrected chi connectivity index (χ0v) is 11.2. The standard InChI is InChI=1S/C13H17F3N2O2/c1-7-2-5-10-9(6-7)12(20,13(14,15)16)18(17-10)11(19)8-3-4-8/h7-9,20H,2-6H2,1H3/t7-,9+,12+/m1/s1. The van der Waals surface area contributed by atoms with Crippen molar-refractivity contribution in [3.8, 4) is 0 Å². The Balaban J connectivity index is 1.99. The summed E-state index contributed by atoms with van der Waals surface area (Å²) in [6.45, 7) is 1.86. The van der Waals surface area contributed by atoms with Crippen LogP contribution >= 0.6 is 0 Å². The van der Waals surface area contributed by atoms with Crippen molar-refractivity contribution < 1.29 is 23.1 Å². The van der Waals surface area contributed by atoms with E-state index in [-0.39, 0.29) is 12.3 Å². The number of nitrogens with zero attached hydrogens (tertiary/aromatic N) is 2. The van der Waals surface area contributed by atoms with E-state index in [1.807, 2.05) is 6.92 Å². The third kappa shape index (κ3) is 1.86. The number of rotatable bonds is 1. The lowest BCUT2D eigenvalue weighted by molar-refractivity contribution is -0.318. The summed E-state index contributed by atoms with van der Waals surface area (Å²) in [6, 6.07) is 0. The van der Waals surface area contributed by atoms with Crippen LogP contribution in [0, 0.1) is 17.8 Å². The van der Waals surface area contributed by atoms with E-state index in [1.165, 1.54) is 0 Å². The van der Waals surface area contributed by atoms with Crippen molar-refractivity contribution in [2.45, 2.75) is 50.9 Å². The number of hydrazone groups is 1. The molecule has 3 aliphatic rings. The quantitative estimate of drug-likeness (QED) is 0.805. The van der Waals surface area contributed by atoms with Crippen LogP contribution in [-0.4, -0.2) is 33.6 Å². The third-order valence-corrected chi connectivity index (χ3v) is 4.52. The highest BCUT2D eigenvalue weighted by atomic mass is 19.4. The molecular formula is C13H17F3N2O2. The second kappa shape index (κ2) is 4.19. The molecule has 0 saturated heterocycles. The van der Waals surface area contributed by atoms with Gasteiger partial charge in [-0.05, 0) is 38.0 Å². The van der Waals surface area contributed by atoms with Crippen LogP contribution in [0.3, 0.4) is 0 Å². The SMILES string of the molecule is C[C@@H]1CCC2=NN(C(=O)C3CC3)[C@@](O)(C(F)(F)F)[C@H]2C1. The summed E-state index contributed by atoms with van der Waals surface area (Å²) in [5, 5.41) is 14.5. The fourth-order valence-electron chi connectivity index (χ4n) is 3.13. The van der Waals surface area contributed by atoms with Gasteiger partial charge in [0.2, 0.25) is 5.91 Å². The fraction of sp³-hybridized carbons (Fsp3) is 0.846. The van der Waals surface area contributed by atoms with Crippen molar-refractivity contribution in [1.29, 1.82) is 0 Å². The van der Waals surface area contributed by atoms with Crippen LogP contribution in [0.25, 0.3) is 0 Å². The van der Waals surface area contributed by atoms with E-state index in [2.05, 4.69) is 5.10 Å². The number of amides is 1. The van der Waals surface area contributed by atoms with Crippen molar-refractivity contribution in [2.75, 3.05) is 0 Å². The molecule has 2 saturated carbocycles. The lowest BCUT2D eigenvalue weighted by atomic mass is 9.76. The molecule has 0 unspecified atom stereocenters. The van der Waals surface area contributed by atoms with Crippen molar-refractivity contribution in [3.05, 3.63) is 0 Å². The maximum atomic E-state index is 13.4. The zero-order chi connectivity index (χ0) is 14.7. The number of hydrogen-bond acceptors (Lipinski definition) is 3. The lowest BCUT2D eigenvalue weighted by Gasteiger charge is -2.39. The maximum absolute atomic E-state index is 13.4. The second-order valence-corrected chi connectivity index (χ2v) is 6.17. The Morgan fingerprint density at radius 1 is 1.40 bits per heavy atom. The average molecular weight is 290 g/mol. The minimum absolute atomic E-state index is 0.0869. The lowest BCUT2D eigenvalue weighted by Crippen LogP contribution is -2.62. The molecule has 1 N–H and O–H groups in total. The van der Waals surface area contributed by atoms with Crippen molar-refractivity contribution in [1.82, 2.24) is 5.01 Å². The van der Waals surface area contributed by atoms with Gasteiger partial charge < -0.3 is 5.11 Å². The van der Waals surface area contributed by atoms with E-state index < -0.39 is 29.6 Å². The second-order valence-electron chi connectivity index (χ2n) is 6.17. The van der Waals surface area contributed by atoms with E-state index in [9.17, 15) is 23.1 Å². The summed E-state index contributed by atoms with van der Waals surface area (Å²) in [4.78, 5) is 12.1. The number of halogens is 3. The number of hydrogen-bond donors (Lipinski definition) is 1. The van der Waals surface area contributed by atoms with Gasteiger partial charge in [-0.3, -0.25) is 4.79 Å². The first kappa shape index (κ1) is 13.9. The molecule has 2 fully saturated rings. The molecule has 3 atom stereocenters. The van der Waals surface area contributed by atoms with Crippen LogP contribution < -0.4 is 0 Å². The Bertz CT molecular complexity index is 473. The molecule has 3 rings (SSSR count). The van der Waals surface area contributed by atoms with Gasteiger partial charge in [0, 0.05) is 11.6 Å². The van der Waals surface area contributed by atoms with E-state index in [0.717, 1.165) is 6.42 Å². The van der Waals surface area contributed by atoms with Gasteiger partial charge in [0.25, 0.3) is 5.72 Å². The van der Waals surface area contributed by atoms with Crippen molar-refractivity contribution >= 4 is 11.6 Å². The molecule has 20 heavy (non-hydrogen) atoms. The van der Waals surface area contributed by atoms with Gasteiger partial charge in [0.05, 0.1) is 5.92 Å². The Morgan fingerprint density at radius 2 is 2.05 bits per heavy atom. The predicted octanol–water partition coefficient (Wildman–Crippen LogP) is 2.28. The highest BCUT2D eigenvalue weighted by Gasteiger charge is 2.69. The molecule has 0 radical (unpaired) electrons. The number of carbonyl (C=O) groups is 1. The Hall–Kier alpha value is -1.11. The van der Waals surface area contributed by atoms with Gasteiger partial charge in [-0.2, -0.15) is 23.3 Å². The molecule has 1 amide bonds. The van der Waals surface area contributed by atoms with Crippen LogP contribution in [0.1, 0.15) is 39.0 Å². The first-order chi connectivity index (χ1) is 9.25. The van der Waals surface area contributed by atoms with Gasteiger partial charge in [-0.1, -0.05) is 6.92 Å². The highest BCUT2D eigenvalue weighted by molar-refractivity contribution is 5.94. The largest absolute Gasteiger partial charge is 0.439 e. The fourth-order valence-corrected chi connectivity index (χ4v) is 3.13. The molecule has 7 heteroatoms. The molecule has 4 nitrogen and oxygen atoms in total. The van der Waals surface area contributed by atoms with Crippen LogP contribution in [0.15, 0.2) is 5.10 Å². The van der Waals surface area contributed by atoms with Crippen LogP contribution in [0.2, 0.25) is 0 Å². The van der Waals surface area contributed by atoms with Gasteiger partial charge in [0.15, 0.2) is 0 Å². The molecular weight excluding hydrogens is 273 g/mol. The Morgan fingerprint density at radius 3 is 2.60 bits per heavy atom. The van der Waals surface area contributed by atoms with Gasteiger partial charge in [0.1, 0.15) is 0 Å². The summed E-state index contributed by atoms with van der Waals surface area (Å²) in [5.41, 5.74) is -2.84. The zero-order valence-electron chi connectivity index (χ0n) is 11.2. The third-order valence-electron chi connectivity index (χ3n) is 4.52. The summed E-state index contributed by atoms with van der Waals surface area (Å²) in [5.74, 6) is -2.14. The van der Waals surface area contributed by atoms with E-state index in [0.29, 0.717) is 30.0 Å². The van der Waals surface area contributed by atoms with Gasteiger partial charge in [-0.15, -0.1) is 0 Å². The average Bonchev–Trinajstić information content (AvgIpc) is 3.14. The van der Waals surface area contributed by atoms with Crippen LogP contribution in [-0.2, 0) is 4.79 Å². The summed E-state index contributed by atoms with van der Waals surface area (Å²) in [7, 11) is 0. The van der Waals surface area contributed by atoms with Crippen molar-refractivity contribution in [2.24, 2.45) is 22.9 Å². The molecule has 2 aliphatic carbocycles. The van der Waals surface area contributed by atoms with Crippen LogP contribution in [0.5, 0.6) is 0 Å². The highest BCUT2D eigenvalue weighted by Crippen LogP contribution is 2.50. The van der Waals surface area contributed by atoms with E-state index >= 15 is 0 Å². The maximum Gasteiger partial charge on any atom is 0.439 e. The van der Waals surface area contributed by atoms with E-state index in [1.54, 1.807) is 0 Å². The molecule has 1 aliphatic heterocycles. The number of alkyl halides is 3. The number of fused-ring (bicyclic) bond motifs is 1. The minimum Gasteiger partial charge on any atom is -0.362 e. The predicted molar refractivity (Wildman–Crippen MR) is 64.5 cm³/mol. The Labute approximate surface area is 114 Å². The first-order valence-electron chi connectivity index (χ1n) is 6.95. The summed E-state index contributed by atoms with van der Waals surface area (Å²) < 4.78 is 40.3. The topological polar surface area (TPSA) is 52.9 Å². The minimum atomic E-state index is -4.90. The monoisotopic (exact) mass is 290 g/mol. The first-order valence-corrected chi connectivity index (χ1v) is 6.95. The molecule has 0 aromatic heterocycles. The number of aliphatic hydroxyl groups is 1. The summed E-state index contributed by atoms with van der Waals surface area (Å²) >= 11 is 0. The normalized spacial score (nSPS) is 37.6. The molecule has 0 bridgehead atoms. The molecule has 1 heterocycles.